The van der Waals surface area contributed by atoms with Crippen molar-refractivity contribution in [1.82, 2.24) is 0 Å². The van der Waals surface area contributed by atoms with Gasteiger partial charge in [0.05, 0.1) is 17.9 Å². The minimum atomic E-state index is -0.644. The zero-order valence-corrected chi connectivity index (χ0v) is 13.3. The topological polar surface area (TPSA) is 56.5 Å². The Bertz CT molecular complexity index is 691. The monoisotopic (exact) mass is 300 g/mol. The van der Waals surface area contributed by atoms with Crippen LogP contribution in [0, 0.1) is 16.7 Å². The lowest BCUT2D eigenvalue weighted by Crippen LogP contribution is -2.44. The Morgan fingerprint density at radius 3 is 2.68 bits per heavy atom. The van der Waals surface area contributed by atoms with E-state index in [1.807, 2.05) is 19.1 Å². The number of ether oxygens (including phenoxy) is 1. The average molecular weight is 300 g/mol. The van der Waals surface area contributed by atoms with Gasteiger partial charge in [-0.15, -0.1) is 0 Å². The number of fused-ring (bicyclic) bond motifs is 1. The second-order valence-electron chi connectivity index (χ2n) is 6.96. The second-order valence-corrected chi connectivity index (χ2v) is 6.96. The third-order valence-corrected chi connectivity index (χ3v) is 4.90. The number of carbonyl (C=O) groups is 2. The molecule has 3 rings (SSSR count). The number of hydrogen-bond donors (Lipinski definition) is 0. The van der Waals surface area contributed by atoms with E-state index in [9.17, 15) is 9.59 Å². The van der Waals surface area contributed by atoms with Crippen LogP contribution in [-0.4, -0.2) is 11.8 Å². The number of allylic oxidation sites excluding steroid dienone is 3. The lowest BCUT2D eigenvalue weighted by atomic mass is 9.57. The van der Waals surface area contributed by atoms with Crippen LogP contribution in [0.3, 0.4) is 0 Å². The van der Waals surface area contributed by atoms with Gasteiger partial charge in [-0.3, -0.25) is 9.59 Å². The standard InChI is InChI=1S/C18H20O4/c1-11(19)22-15-5-7-17(2,3)16-14(20)9-13(18(15,16)4)12-6-8-21-10-12/h5-6,8-10,16H,7H2,1-4H3/t16-,18+/m0/s1. The summed E-state index contributed by atoms with van der Waals surface area (Å²) >= 11 is 0. The maximum Gasteiger partial charge on any atom is 0.307 e. The summed E-state index contributed by atoms with van der Waals surface area (Å²) in [4.78, 5) is 24.2. The van der Waals surface area contributed by atoms with Crippen molar-refractivity contribution >= 4 is 17.3 Å². The van der Waals surface area contributed by atoms with Crippen LogP contribution in [0.1, 0.15) is 39.7 Å². The zero-order chi connectivity index (χ0) is 16.1. The van der Waals surface area contributed by atoms with Crippen LogP contribution in [0.15, 0.2) is 40.9 Å². The first kappa shape index (κ1) is 14.8. The summed E-state index contributed by atoms with van der Waals surface area (Å²) in [5.41, 5.74) is 0.872. The molecule has 2 aliphatic carbocycles. The number of furan rings is 1. The number of hydrogen-bond acceptors (Lipinski definition) is 4. The van der Waals surface area contributed by atoms with E-state index < -0.39 is 5.41 Å². The lowest BCUT2D eigenvalue weighted by molar-refractivity contribution is -0.141. The quantitative estimate of drug-likeness (QED) is 0.781. The van der Waals surface area contributed by atoms with E-state index in [1.165, 1.54) is 6.92 Å². The van der Waals surface area contributed by atoms with Gasteiger partial charge in [-0.1, -0.05) is 13.8 Å². The van der Waals surface area contributed by atoms with Gasteiger partial charge in [0, 0.05) is 18.4 Å². The van der Waals surface area contributed by atoms with E-state index in [-0.39, 0.29) is 23.1 Å². The van der Waals surface area contributed by atoms with E-state index in [0.29, 0.717) is 12.2 Å². The van der Waals surface area contributed by atoms with Gasteiger partial charge >= 0.3 is 5.97 Å². The highest BCUT2D eigenvalue weighted by Gasteiger charge is 2.58. The van der Waals surface area contributed by atoms with Crippen LogP contribution < -0.4 is 0 Å². The molecule has 1 aromatic heterocycles. The Labute approximate surface area is 129 Å². The third-order valence-electron chi connectivity index (χ3n) is 4.90. The van der Waals surface area contributed by atoms with E-state index in [4.69, 9.17) is 9.15 Å². The van der Waals surface area contributed by atoms with Crippen molar-refractivity contribution in [2.45, 2.75) is 34.1 Å². The normalized spacial score (nSPS) is 29.6. The van der Waals surface area contributed by atoms with Crippen molar-refractivity contribution < 1.29 is 18.7 Å². The molecule has 4 heteroatoms. The van der Waals surface area contributed by atoms with Gasteiger partial charge in [0.15, 0.2) is 5.78 Å². The third kappa shape index (κ3) is 1.97. The fraction of sp³-hybridized carbons (Fsp3) is 0.444. The molecule has 116 valence electrons. The van der Waals surface area contributed by atoms with Crippen LogP contribution in [-0.2, 0) is 14.3 Å². The molecule has 4 nitrogen and oxygen atoms in total. The number of esters is 1. The number of carbonyl (C=O) groups excluding carboxylic acids is 2. The minimum absolute atomic E-state index is 0.0847. The highest BCUT2D eigenvalue weighted by atomic mass is 16.5. The summed E-state index contributed by atoms with van der Waals surface area (Å²) in [5.74, 6) is 0.0464. The molecule has 0 spiro atoms. The maximum absolute atomic E-state index is 12.7. The van der Waals surface area contributed by atoms with E-state index >= 15 is 0 Å². The van der Waals surface area contributed by atoms with E-state index in [0.717, 1.165) is 11.1 Å². The molecule has 0 saturated heterocycles. The largest absolute Gasteiger partial charge is 0.472 e. The number of ketones is 1. The minimum Gasteiger partial charge on any atom is -0.472 e. The SMILES string of the molecule is CC(=O)OC1=CCC(C)(C)[C@@H]2C(=O)C=C(c3ccoc3)[C@]12C. The van der Waals surface area contributed by atoms with Gasteiger partial charge in [-0.2, -0.15) is 0 Å². The first-order valence-electron chi connectivity index (χ1n) is 7.44. The molecule has 0 aliphatic heterocycles. The second kappa shape index (κ2) is 4.70. The molecule has 0 amide bonds. The van der Waals surface area contributed by atoms with Gasteiger partial charge in [0.25, 0.3) is 0 Å². The molecule has 2 aliphatic rings. The molecule has 0 unspecified atom stereocenters. The van der Waals surface area contributed by atoms with Crippen LogP contribution in [0.2, 0.25) is 0 Å². The fourth-order valence-electron chi connectivity index (χ4n) is 4.05. The Kier molecular flexibility index (Phi) is 3.17. The molecular weight excluding hydrogens is 280 g/mol. The van der Waals surface area contributed by atoms with Crippen molar-refractivity contribution in [3.63, 3.8) is 0 Å². The van der Waals surface area contributed by atoms with Crippen molar-refractivity contribution in [1.29, 1.82) is 0 Å². The molecule has 1 aromatic rings. The molecule has 2 atom stereocenters. The van der Waals surface area contributed by atoms with Gasteiger partial charge in [0.1, 0.15) is 5.76 Å². The van der Waals surface area contributed by atoms with Gasteiger partial charge < -0.3 is 9.15 Å². The van der Waals surface area contributed by atoms with Gasteiger partial charge in [-0.05, 0) is 42.6 Å². The maximum atomic E-state index is 12.7. The van der Waals surface area contributed by atoms with Crippen LogP contribution in [0.25, 0.3) is 5.57 Å². The molecule has 0 bridgehead atoms. The fourth-order valence-corrected chi connectivity index (χ4v) is 4.05. The highest BCUT2D eigenvalue weighted by molar-refractivity contribution is 6.07. The molecule has 0 fully saturated rings. The van der Waals surface area contributed by atoms with Crippen LogP contribution in [0.5, 0.6) is 0 Å². The average Bonchev–Trinajstić information content (AvgIpc) is 3.00. The first-order valence-corrected chi connectivity index (χ1v) is 7.44. The summed E-state index contributed by atoms with van der Waals surface area (Å²) in [7, 11) is 0. The molecule has 0 N–H and O–H groups in total. The summed E-state index contributed by atoms with van der Waals surface area (Å²) < 4.78 is 10.7. The predicted molar refractivity (Wildman–Crippen MR) is 81.5 cm³/mol. The zero-order valence-electron chi connectivity index (χ0n) is 13.3. The summed E-state index contributed by atoms with van der Waals surface area (Å²) in [6.45, 7) is 7.54. The van der Waals surface area contributed by atoms with Crippen molar-refractivity contribution in [2.75, 3.05) is 0 Å². The van der Waals surface area contributed by atoms with E-state index in [1.54, 1.807) is 18.6 Å². The predicted octanol–water partition coefficient (Wildman–Crippen LogP) is 3.75. The Hall–Kier alpha value is -2.10. The molecule has 0 aromatic carbocycles. The van der Waals surface area contributed by atoms with Crippen LogP contribution >= 0.6 is 0 Å². The first-order chi connectivity index (χ1) is 10.3. The molecular formula is C18H20O4. The molecule has 22 heavy (non-hydrogen) atoms. The Balaban J connectivity index is 2.17. The lowest BCUT2D eigenvalue weighted by Gasteiger charge is -2.46. The van der Waals surface area contributed by atoms with E-state index in [2.05, 4.69) is 13.8 Å². The van der Waals surface area contributed by atoms with Gasteiger partial charge in [0.2, 0.25) is 0 Å². The van der Waals surface area contributed by atoms with Crippen molar-refractivity contribution in [2.24, 2.45) is 16.7 Å². The van der Waals surface area contributed by atoms with Crippen molar-refractivity contribution in [3.8, 4) is 0 Å². The smallest absolute Gasteiger partial charge is 0.307 e. The highest BCUT2D eigenvalue weighted by Crippen LogP contribution is 2.61. The Morgan fingerprint density at radius 1 is 1.36 bits per heavy atom. The Morgan fingerprint density at radius 2 is 2.09 bits per heavy atom. The van der Waals surface area contributed by atoms with Crippen LogP contribution in [0.4, 0.5) is 0 Å². The van der Waals surface area contributed by atoms with Gasteiger partial charge in [-0.25, -0.2) is 0 Å². The molecule has 1 heterocycles. The van der Waals surface area contributed by atoms with Crippen molar-refractivity contribution in [3.05, 3.63) is 42.1 Å². The summed E-state index contributed by atoms with van der Waals surface area (Å²) in [6, 6.07) is 1.83. The molecule has 0 radical (unpaired) electrons. The number of rotatable bonds is 2. The summed E-state index contributed by atoms with van der Waals surface area (Å²) in [6.07, 6.45) is 7.54. The summed E-state index contributed by atoms with van der Waals surface area (Å²) in [5, 5.41) is 0. The molecule has 0 saturated carbocycles.